The minimum atomic E-state index is 0.272. The predicted octanol–water partition coefficient (Wildman–Crippen LogP) is -0.254. The number of rotatable bonds is 3. The van der Waals surface area contributed by atoms with E-state index in [0.717, 1.165) is 19.4 Å². The van der Waals surface area contributed by atoms with Gasteiger partial charge in [-0.05, 0) is 12.8 Å². The van der Waals surface area contributed by atoms with Gasteiger partial charge in [-0.3, -0.25) is 0 Å². The molecule has 1 rings (SSSR count). The number of aliphatic hydroxyl groups is 1. The third-order valence-corrected chi connectivity index (χ3v) is 1.99. The maximum absolute atomic E-state index is 8.60. The molecule has 1 saturated heterocycles. The summed E-state index contributed by atoms with van der Waals surface area (Å²) in [5.74, 6) is 0. The average molecular weight is 145 g/mol. The molecule has 10 heavy (non-hydrogen) atoms. The first kappa shape index (κ1) is 7.98. The van der Waals surface area contributed by atoms with Crippen molar-refractivity contribution in [3.05, 3.63) is 0 Å². The van der Waals surface area contributed by atoms with Crippen molar-refractivity contribution < 1.29 is 9.84 Å². The Morgan fingerprint density at radius 1 is 1.70 bits per heavy atom. The van der Waals surface area contributed by atoms with E-state index in [4.69, 9.17) is 9.84 Å². The number of aliphatic hydroxyl groups excluding tert-OH is 1. The van der Waals surface area contributed by atoms with Crippen LogP contribution >= 0.6 is 0 Å². The molecule has 60 valence electrons. The van der Waals surface area contributed by atoms with E-state index >= 15 is 0 Å². The van der Waals surface area contributed by atoms with Crippen molar-refractivity contribution in [2.24, 2.45) is 0 Å². The van der Waals surface area contributed by atoms with Crippen LogP contribution < -0.4 is 5.32 Å². The Morgan fingerprint density at radius 2 is 2.50 bits per heavy atom. The van der Waals surface area contributed by atoms with Crippen LogP contribution in [0.5, 0.6) is 0 Å². The Bertz CT molecular complexity index is 97.6. The second kappa shape index (κ2) is 3.91. The SMILES string of the molecule is CO[C@@H]1CN[C@H](CCO)C1. The van der Waals surface area contributed by atoms with E-state index < -0.39 is 0 Å². The fourth-order valence-corrected chi connectivity index (χ4v) is 1.34. The van der Waals surface area contributed by atoms with Crippen molar-refractivity contribution in [1.82, 2.24) is 5.32 Å². The highest BCUT2D eigenvalue weighted by Gasteiger charge is 2.22. The fraction of sp³-hybridized carbons (Fsp3) is 1.00. The van der Waals surface area contributed by atoms with Gasteiger partial charge in [-0.2, -0.15) is 0 Å². The second-order valence-corrected chi connectivity index (χ2v) is 2.71. The Hall–Kier alpha value is -0.120. The minimum absolute atomic E-state index is 0.272. The highest BCUT2D eigenvalue weighted by molar-refractivity contribution is 4.81. The molecular weight excluding hydrogens is 130 g/mol. The molecule has 1 aliphatic rings. The van der Waals surface area contributed by atoms with Crippen LogP contribution in [0.25, 0.3) is 0 Å². The summed E-state index contributed by atoms with van der Waals surface area (Å²) in [6.45, 7) is 1.20. The van der Waals surface area contributed by atoms with Gasteiger partial charge >= 0.3 is 0 Å². The Labute approximate surface area is 61.4 Å². The van der Waals surface area contributed by atoms with Gasteiger partial charge in [0.2, 0.25) is 0 Å². The molecule has 1 heterocycles. The molecule has 0 radical (unpaired) electrons. The second-order valence-electron chi connectivity index (χ2n) is 2.71. The summed E-state index contributed by atoms with van der Waals surface area (Å²) in [6, 6.07) is 0.468. The minimum Gasteiger partial charge on any atom is -0.396 e. The molecule has 0 bridgehead atoms. The van der Waals surface area contributed by atoms with Crippen molar-refractivity contribution in [2.45, 2.75) is 25.0 Å². The molecule has 0 amide bonds. The van der Waals surface area contributed by atoms with Crippen LogP contribution in [0, 0.1) is 0 Å². The van der Waals surface area contributed by atoms with Gasteiger partial charge in [-0.1, -0.05) is 0 Å². The summed E-state index contributed by atoms with van der Waals surface area (Å²) in [5.41, 5.74) is 0. The molecule has 2 atom stereocenters. The van der Waals surface area contributed by atoms with Crippen LogP contribution in [-0.2, 0) is 4.74 Å². The van der Waals surface area contributed by atoms with Gasteiger partial charge in [0.15, 0.2) is 0 Å². The van der Waals surface area contributed by atoms with Crippen molar-refractivity contribution in [2.75, 3.05) is 20.3 Å². The van der Waals surface area contributed by atoms with Crippen molar-refractivity contribution in [3.8, 4) is 0 Å². The lowest BCUT2D eigenvalue weighted by Gasteiger charge is -2.06. The molecule has 1 fully saturated rings. The third kappa shape index (κ3) is 1.94. The summed E-state index contributed by atoms with van der Waals surface area (Å²) >= 11 is 0. The lowest BCUT2D eigenvalue weighted by molar-refractivity contribution is 0.116. The van der Waals surface area contributed by atoms with Gasteiger partial charge in [0, 0.05) is 26.3 Å². The van der Waals surface area contributed by atoms with Gasteiger partial charge in [0.05, 0.1) is 6.10 Å². The average Bonchev–Trinajstić information content (AvgIpc) is 2.37. The molecule has 0 aliphatic carbocycles. The van der Waals surface area contributed by atoms with Gasteiger partial charge in [-0.15, -0.1) is 0 Å². The lowest BCUT2D eigenvalue weighted by Crippen LogP contribution is -2.22. The molecule has 0 aromatic carbocycles. The summed E-state index contributed by atoms with van der Waals surface area (Å²) in [7, 11) is 1.73. The van der Waals surface area contributed by atoms with Gasteiger partial charge in [-0.25, -0.2) is 0 Å². The van der Waals surface area contributed by atoms with E-state index in [9.17, 15) is 0 Å². The van der Waals surface area contributed by atoms with E-state index in [1.54, 1.807) is 7.11 Å². The normalized spacial score (nSPS) is 33.0. The first-order valence-electron chi connectivity index (χ1n) is 3.74. The maximum atomic E-state index is 8.60. The summed E-state index contributed by atoms with van der Waals surface area (Å²) < 4.78 is 5.14. The molecule has 2 N–H and O–H groups in total. The van der Waals surface area contributed by atoms with E-state index in [1.807, 2.05) is 0 Å². The van der Waals surface area contributed by atoms with Crippen LogP contribution in [-0.4, -0.2) is 37.5 Å². The lowest BCUT2D eigenvalue weighted by atomic mass is 10.1. The first-order chi connectivity index (χ1) is 4.86. The molecular formula is C7H15NO2. The van der Waals surface area contributed by atoms with Crippen LogP contribution in [0.4, 0.5) is 0 Å². The number of ether oxygens (including phenoxy) is 1. The topological polar surface area (TPSA) is 41.5 Å². The smallest absolute Gasteiger partial charge is 0.0710 e. The molecule has 3 nitrogen and oxygen atoms in total. The van der Waals surface area contributed by atoms with E-state index in [0.29, 0.717) is 12.1 Å². The monoisotopic (exact) mass is 145 g/mol. The molecule has 1 aliphatic heterocycles. The van der Waals surface area contributed by atoms with Gasteiger partial charge in [0.1, 0.15) is 0 Å². The van der Waals surface area contributed by atoms with Crippen LogP contribution in [0.15, 0.2) is 0 Å². The summed E-state index contributed by atoms with van der Waals surface area (Å²) in [6.07, 6.45) is 2.24. The molecule has 0 aromatic heterocycles. The Kier molecular flexibility index (Phi) is 3.12. The molecule has 0 spiro atoms. The molecule has 0 saturated carbocycles. The van der Waals surface area contributed by atoms with Crippen LogP contribution in [0.2, 0.25) is 0 Å². The highest BCUT2D eigenvalue weighted by atomic mass is 16.5. The predicted molar refractivity (Wildman–Crippen MR) is 38.9 cm³/mol. The van der Waals surface area contributed by atoms with Crippen molar-refractivity contribution in [1.29, 1.82) is 0 Å². The maximum Gasteiger partial charge on any atom is 0.0710 e. The van der Waals surface area contributed by atoms with Crippen molar-refractivity contribution in [3.63, 3.8) is 0 Å². The zero-order valence-electron chi connectivity index (χ0n) is 6.34. The van der Waals surface area contributed by atoms with Crippen molar-refractivity contribution >= 4 is 0 Å². The van der Waals surface area contributed by atoms with Crippen LogP contribution in [0.1, 0.15) is 12.8 Å². The van der Waals surface area contributed by atoms with Gasteiger partial charge in [0.25, 0.3) is 0 Å². The molecule has 3 heteroatoms. The van der Waals surface area contributed by atoms with Crippen LogP contribution in [0.3, 0.4) is 0 Å². The third-order valence-electron chi connectivity index (χ3n) is 1.99. The van der Waals surface area contributed by atoms with E-state index in [1.165, 1.54) is 0 Å². The fourth-order valence-electron chi connectivity index (χ4n) is 1.34. The quantitative estimate of drug-likeness (QED) is 0.575. The van der Waals surface area contributed by atoms with Gasteiger partial charge < -0.3 is 15.2 Å². The Balaban J connectivity index is 2.15. The highest BCUT2D eigenvalue weighted by Crippen LogP contribution is 2.11. The van der Waals surface area contributed by atoms with E-state index in [2.05, 4.69) is 5.32 Å². The first-order valence-corrected chi connectivity index (χ1v) is 3.74. The summed E-state index contributed by atoms with van der Waals surface area (Å²) in [4.78, 5) is 0. The largest absolute Gasteiger partial charge is 0.396 e. The van der Waals surface area contributed by atoms with E-state index in [-0.39, 0.29) is 6.61 Å². The molecule has 0 aromatic rings. The Morgan fingerprint density at radius 3 is 3.00 bits per heavy atom. The number of hydrogen-bond acceptors (Lipinski definition) is 3. The number of hydrogen-bond donors (Lipinski definition) is 2. The number of methoxy groups -OCH3 is 1. The zero-order valence-corrected chi connectivity index (χ0v) is 6.34. The standard InChI is InChI=1S/C7H15NO2/c1-10-7-4-6(2-3-9)8-5-7/h6-9H,2-5H2,1H3/t6-,7+/m1/s1. The number of nitrogens with one attached hydrogen (secondary N) is 1. The zero-order chi connectivity index (χ0) is 7.40. The summed E-state index contributed by atoms with van der Waals surface area (Å²) in [5, 5.41) is 11.9. The molecule has 0 unspecified atom stereocenters.